The minimum absolute atomic E-state index is 0.600. The first-order valence-corrected chi connectivity index (χ1v) is 5.58. The first-order chi connectivity index (χ1) is 6.18. The van der Waals surface area contributed by atoms with E-state index >= 15 is 0 Å². The summed E-state index contributed by atoms with van der Waals surface area (Å²) in [5, 5.41) is 8.22. The van der Waals surface area contributed by atoms with Crippen LogP contribution in [-0.4, -0.2) is 32.3 Å². The minimum atomic E-state index is 0.600. The average Bonchev–Trinajstić information content (AvgIpc) is 2.47. The summed E-state index contributed by atoms with van der Waals surface area (Å²) in [6.45, 7) is 7.51. The van der Waals surface area contributed by atoms with E-state index in [1.807, 2.05) is 0 Å². The predicted molar refractivity (Wildman–Crippen MR) is 58.3 cm³/mol. The van der Waals surface area contributed by atoms with E-state index in [0.29, 0.717) is 6.04 Å². The Kier molecular flexibility index (Phi) is 2.55. The summed E-state index contributed by atoms with van der Waals surface area (Å²) >= 11 is 2.23. The van der Waals surface area contributed by atoms with Gasteiger partial charge >= 0.3 is 0 Å². The molecular weight excluding hydrogens is 279 g/mol. The topological polar surface area (TPSA) is 34.0 Å². The number of rotatable bonds is 1. The highest BCUT2D eigenvalue weighted by Crippen LogP contribution is 2.15. The van der Waals surface area contributed by atoms with Crippen LogP contribution in [0.4, 0.5) is 0 Å². The van der Waals surface area contributed by atoms with Crippen molar-refractivity contribution in [2.24, 2.45) is 0 Å². The number of halogens is 1. The van der Waals surface area contributed by atoms with E-state index in [9.17, 15) is 0 Å². The Balaban J connectivity index is 2.21. The molecule has 1 aliphatic rings. The van der Waals surface area contributed by atoms with Gasteiger partial charge in [-0.1, -0.05) is 0 Å². The van der Waals surface area contributed by atoms with E-state index in [-0.39, 0.29) is 0 Å². The lowest BCUT2D eigenvalue weighted by Crippen LogP contribution is -2.38. The Bertz CT molecular complexity index is 307. The first kappa shape index (κ1) is 9.39. The molecule has 0 radical (unpaired) electrons. The van der Waals surface area contributed by atoms with E-state index in [1.165, 1.54) is 0 Å². The van der Waals surface area contributed by atoms with Crippen molar-refractivity contribution in [1.82, 2.24) is 19.7 Å². The van der Waals surface area contributed by atoms with Crippen molar-refractivity contribution in [3.63, 3.8) is 0 Å². The van der Waals surface area contributed by atoms with Crippen molar-refractivity contribution in [2.45, 2.75) is 33.0 Å². The van der Waals surface area contributed by atoms with Gasteiger partial charge in [-0.3, -0.25) is 4.90 Å². The van der Waals surface area contributed by atoms with E-state index < -0.39 is 0 Å². The molecule has 72 valence electrons. The smallest absolute Gasteiger partial charge is 0.194 e. The molecule has 0 atom stereocenters. The molecule has 13 heavy (non-hydrogen) atoms. The molecule has 4 nitrogen and oxygen atoms in total. The molecule has 0 N–H and O–H groups in total. The van der Waals surface area contributed by atoms with Gasteiger partial charge in [-0.15, -0.1) is 10.2 Å². The monoisotopic (exact) mass is 292 g/mol. The summed E-state index contributed by atoms with van der Waals surface area (Å²) in [7, 11) is 0. The van der Waals surface area contributed by atoms with Gasteiger partial charge in [0.1, 0.15) is 5.82 Å². The highest BCUT2D eigenvalue weighted by atomic mass is 127. The van der Waals surface area contributed by atoms with Crippen molar-refractivity contribution in [3.05, 3.63) is 9.66 Å². The predicted octanol–water partition coefficient (Wildman–Crippen LogP) is 1.11. The Morgan fingerprint density at radius 3 is 2.77 bits per heavy atom. The van der Waals surface area contributed by atoms with Gasteiger partial charge in [0.25, 0.3) is 0 Å². The summed E-state index contributed by atoms with van der Waals surface area (Å²) in [6.07, 6.45) is 0. The third kappa shape index (κ3) is 1.71. The van der Waals surface area contributed by atoms with Gasteiger partial charge in [0.15, 0.2) is 3.83 Å². The summed E-state index contributed by atoms with van der Waals surface area (Å²) in [5.74, 6) is 1.10. The summed E-state index contributed by atoms with van der Waals surface area (Å²) in [6, 6.07) is 0.600. The van der Waals surface area contributed by atoms with Gasteiger partial charge in [-0.2, -0.15) is 0 Å². The summed E-state index contributed by atoms with van der Waals surface area (Å²) < 4.78 is 3.20. The van der Waals surface area contributed by atoms with Crippen molar-refractivity contribution in [3.8, 4) is 0 Å². The van der Waals surface area contributed by atoms with E-state index in [1.54, 1.807) is 0 Å². The van der Waals surface area contributed by atoms with Crippen molar-refractivity contribution >= 4 is 22.6 Å². The molecule has 0 saturated heterocycles. The maximum absolute atomic E-state index is 4.15. The average molecular weight is 292 g/mol. The van der Waals surface area contributed by atoms with Crippen LogP contribution in [0.2, 0.25) is 0 Å². The van der Waals surface area contributed by atoms with Crippen LogP contribution in [0.5, 0.6) is 0 Å². The minimum Gasteiger partial charge on any atom is -0.304 e. The van der Waals surface area contributed by atoms with Crippen LogP contribution in [0, 0.1) is 3.83 Å². The molecule has 2 rings (SSSR count). The van der Waals surface area contributed by atoms with Gasteiger partial charge in [0.05, 0.1) is 6.54 Å². The van der Waals surface area contributed by atoms with Crippen LogP contribution >= 0.6 is 22.6 Å². The van der Waals surface area contributed by atoms with Gasteiger partial charge in [0, 0.05) is 41.7 Å². The van der Waals surface area contributed by atoms with Crippen LogP contribution in [0.1, 0.15) is 19.7 Å². The van der Waals surface area contributed by atoms with E-state index in [4.69, 9.17) is 0 Å². The molecule has 2 heterocycles. The molecule has 0 aliphatic carbocycles. The highest BCUT2D eigenvalue weighted by Gasteiger charge is 2.21. The maximum Gasteiger partial charge on any atom is 0.194 e. The number of fused-ring (bicyclic) bond motifs is 1. The molecule has 5 heteroatoms. The fraction of sp³-hybridized carbons (Fsp3) is 0.750. The third-order valence-corrected chi connectivity index (χ3v) is 3.27. The maximum atomic E-state index is 4.15. The zero-order valence-corrected chi connectivity index (χ0v) is 10.0. The molecule has 0 fully saturated rings. The largest absolute Gasteiger partial charge is 0.304 e. The Labute approximate surface area is 91.5 Å². The molecule has 0 aromatic carbocycles. The SMILES string of the molecule is CC(C)N1CCn2c(I)nnc2C1. The zero-order chi connectivity index (χ0) is 9.42. The fourth-order valence-corrected chi connectivity index (χ4v) is 2.21. The molecule has 0 bridgehead atoms. The van der Waals surface area contributed by atoms with Gasteiger partial charge in [-0.25, -0.2) is 0 Å². The molecular formula is C8H13IN4. The van der Waals surface area contributed by atoms with E-state index in [0.717, 1.165) is 29.3 Å². The molecule has 0 amide bonds. The Morgan fingerprint density at radius 2 is 2.08 bits per heavy atom. The van der Waals surface area contributed by atoms with E-state index in [2.05, 4.69) is 56.1 Å². The highest BCUT2D eigenvalue weighted by molar-refractivity contribution is 14.1. The van der Waals surface area contributed by atoms with Gasteiger partial charge in [0.2, 0.25) is 0 Å². The van der Waals surface area contributed by atoms with Crippen molar-refractivity contribution in [1.29, 1.82) is 0 Å². The van der Waals surface area contributed by atoms with Crippen LogP contribution in [0.15, 0.2) is 0 Å². The third-order valence-electron chi connectivity index (χ3n) is 2.47. The second-order valence-electron chi connectivity index (χ2n) is 3.60. The number of hydrogen-bond donors (Lipinski definition) is 0. The van der Waals surface area contributed by atoms with Crippen LogP contribution in [-0.2, 0) is 13.1 Å². The molecule has 0 saturated carbocycles. The lowest BCUT2D eigenvalue weighted by atomic mass is 10.2. The second kappa shape index (κ2) is 3.53. The fourth-order valence-electron chi connectivity index (χ4n) is 1.58. The Hall–Kier alpha value is -0.170. The number of hydrogen-bond acceptors (Lipinski definition) is 3. The number of nitrogens with zero attached hydrogens (tertiary/aromatic N) is 4. The summed E-state index contributed by atoms with van der Waals surface area (Å²) in [5.41, 5.74) is 0. The second-order valence-corrected chi connectivity index (χ2v) is 4.57. The lowest BCUT2D eigenvalue weighted by Gasteiger charge is -2.30. The quantitative estimate of drug-likeness (QED) is 0.727. The van der Waals surface area contributed by atoms with Crippen molar-refractivity contribution in [2.75, 3.05) is 6.54 Å². The lowest BCUT2D eigenvalue weighted by molar-refractivity contribution is 0.172. The molecule has 0 spiro atoms. The van der Waals surface area contributed by atoms with Crippen LogP contribution < -0.4 is 0 Å². The summed E-state index contributed by atoms with van der Waals surface area (Å²) in [4.78, 5) is 2.42. The van der Waals surface area contributed by atoms with Gasteiger partial charge in [-0.05, 0) is 13.8 Å². The molecule has 1 aromatic rings. The van der Waals surface area contributed by atoms with Crippen LogP contribution in [0.25, 0.3) is 0 Å². The molecule has 0 unspecified atom stereocenters. The standard InChI is InChI=1S/C8H13IN4/c1-6(2)12-3-4-13-7(5-12)10-11-8(13)9/h6H,3-5H2,1-2H3. The van der Waals surface area contributed by atoms with Crippen molar-refractivity contribution < 1.29 is 0 Å². The Morgan fingerprint density at radius 1 is 1.31 bits per heavy atom. The zero-order valence-electron chi connectivity index (χ0n) is 7.87. The molecule has 1 aromatic heterocycles. The normalized spacial score (nSPS) is 17.8. The number of aromatic nitrogens is 3. The van der Waals surface area contributed by atoms with Crippen LogP contribution in [0.3, 0.4) is 0 Å². The first-order valence-electron chi connectivity index (χ1n) is 4.50. The molecule has 1 aliphatic heterocycles. The van der Waals surface area contributed by atoms with Gasteiger partial charge < -0.3 is 4.57 Å².